The quantitative estimate of drug-likeness (QED) is 0.196. The van der Waals surface area contributed by atoms with Crippen LogP contribution in [0, 0.1) is 5.82 Å². The Bertz CT molecular complexity index is 1490. The van der Waals surface area contributed by atoms with Crippen LogP contribution in [-0.4, -0.2) is 44.3 Å². The second-order valence-corrected chi connectivity index (χ2v) is 11.7. The highest BCUT2D eigenvalue weighted by Gasteiger charge is 2.36. The van der Waals surface area contributed by atoms with Crippen LogP contribution in [0.2, 0.25) is 5.02 Å². The molecule has 13 heteroatoms. The van der Waals surface area contributed by atoms with Crippen LogP contribution in [0.25, 0.3) is 0 Å². The SMILES string of the molecule is CCCCNC(=O)[C@H](C)N(Cc1ccc(F)cc1)C(=O)CN(c1cc(C(F)(F)F)ccc1Cl)S(=O)(=O)c1ccccc1. The third-order valence-electron chi connectivity index (χ3n) is 6.42. The van der Waals surface area contributed by atoms with Gasteiger partial charge < -0.3 is 10.2 Å². The number of benzene rings is 3. The molecule has 1 N–H and O–H groups in total. The van der Waals surface area contributed by atoms with Gasteiger partial charge in [0.15, 0.2) is 0 Å². The summed E-state index contributed by atoms with van der Waals surface area (Å²) in [5.41, 5.74) is -1.30. The Morgan fingerprint density at radius 2 is 1.64 bits per heavy atom. The molecule has 3 rings (SSSR count). The van der Waals surface area contributed by atoms with E-state index < -0.39 is 57.7 Å². The summed E-state index contributed by atoms with van der Waals surface area (Å²) >= 11 is 6.23. The molecule has 2 amide bonds. The third-order valence-corrected chi connectivity index (χ3v) is 8.51. The molecule has 3 aromatic rings. The first-order chi connectivity index (χ1) is 19.8. The monoisotopic (exact) mass is 627 g/mol. The molecule has 226 valence electrons. The summed E-state index contributed by atoms with van der Waals surface area (Å²) in [5.74, 6) is -1.94. The van der Waals surface area contributed by atoms with Gasteiger partial charge in [-0.15, -0.1) is 0 Å². The molecule has 0 saturated carbocycles. The van der Waals surface area contributed by atoms with Gasteiger partial charge in [0, 0.05) is 13.1 Å². The predicted molar refractivity (Wildman–Crippen MR) is 152 cm³/mol. The lowest BCUT2D eigenvalue weighted by atomic mass is 10.1. The van der Waals surface area contributed by atoms with Crippen LogP contribution in [0.1, 0.15) is 37.8 Å². The summed E-state index contributed by atoms with van der Waals surface area (Å²) < 4.78 is 82.4. The van der Waals surface area contributed by atoms with E-state index in [0.29, 0.717) is 35.0 Å². The van der Waals surface area contributed by atoms with Crippen molar-refractivity contribution < 1.29 is 35.6 Å². The van der Waals surface area contributed by atoms with E-state index in [0.717, 1.165) is 17.4 Å². The normalized spacial score (nSPS) is 12.5. The molecular weight excluding hydrogens is 598 g/mol. The maximum Gasteiger partial charge on any atom is 0.416 e. The molecule has 0 spiro atoms. The lowest BCUT2D eigenvalue weighted by Gasteiger charge is -2.32. The maximum atomic E-state index is 13.8. The van der Waals surface area contributed by atoms with Crippen molar-refractivity contribution in [3.63, 3.8) is 0 Å². The van der Waals surface area contributed by atoms with Gasteiger partial charge in [-0.2, -0.15) is 13.2 Å². The summed E-state index contributed by atoms with van der Waals surface area (Å²) in [7, 11) is -4.63. The minimum Gasteiger partial charge on any atom is -0.354 e. The molecule has 0 bridgehead atoms. The lowest BCUT2D eigenvalue weighted by Crippen LogP contribution is -2.51. The Balaban J connectivity index is 2.09. The van der Waals surface area contributed by atoms with E-state index in [1.54, 1.807) is 6.07 Å². The number of amides is 2. The zero-order chi connectivity index (χ0) is 31.1. The molecule has 0 radical (unpaired) electrons. The first-order valence-corrected chi connectivity index (χ1v) is 14.8. The fourth-order valence-corrected chi connectivity index (χ4v) is 5.73. The van der Waals surface area contributed by atoms with Crippen molar-refractivity contribution in [3.8, 4) is 0 Å². The average molecular weight is 628 g/mol. The van der Waals surface area contributed by atoms with Crippen LogP contribution < -0.4 is 9.62 Å². The molecule has 42 heavy (non-hydrogen) atoms. The number of carbonyl (C=O) groups is 2. The van der Waals surface area contributed by atoms with Crippen molar-refractivity contribution in [2.75, 3.05) is 17.4 Å². The van der Waals surface area contributed by atoms with Gasteiger partial charge in [0.05, 0.1) is 21.2 Å². The molecule has 1 atom stereocenters. The van der Waals surface area contributed by atoms with E-state index in [4.69, 9.17) is 11.6 Å². The van der Waals surface area contributed by atoms with Gasteiger partial charge in [-0.3, -0.25) is 13.9 Å². The van der Waals surface area contributed by atoms with Gasteiger partial charge in [0.1, 0.15) is 18.4 Å². The van der Waals surface area contributed by atoms with E-state index in [9.17, 15) is 35.6 Å². The van der Waals surface area contributed by atoms with Crippen molar-refractivity contribution in [2.45, 2.75) is 50.3 Å². The third kappa shape index (κ3) is 8.22. The minimum atomic E-state index is -4.83. The van der Waals surface area contributed by atoms with Crippen LogP contribution in [0.5, 0.6) is 0 Å². The summed E-state index contributed by atoms with van der Waals surface area (Å²) in [6.45, 7) is 2.52. The van der Waals surface area contributed by atoms with Gasteiger partial charge in [-0.25, -0.2) is 12.8 Å². The molecule has 0 aliphatic carbocycles. The molecule has 0 aromatic heterocycles. The number of anilines is 1. The van der Waals surface area contributed by atoms with Crippen molar-refractivity contribution in [3.05, 3.63) is 94.8 Å². The number of nitrogens with zero attached hydrogens (tertiary/aromatic N) is 2. The van der Waals surface area contributed by atoms with Crippen LogP contribution in [0.4, 0.5) is 23.2 Å². The largest absolute Gasteiger partial charge is 0.416 e. The Morgan fingerprint density at radius 3 is 2.24 bits per heavy atom. The Kier molecular flexibility index (Phi) is 11.0. The topological polar surface area (TPSA) is 86.8 Å². The van der Waals surface area contributed by atoms with Crippen LogP contribution in [0.15, 0.2) is 77.7 Å². The number of carbonyl (C=O) groups excluding carboxylic acids is 2. The molecular formula is C29H30ClF4N3O4S. The summed E-state index contributed by atoms with van der Waals surface area (Å²) in [4.78, 5) is 27.6. The van der Waals surface area contributed by atoms with Crippen molar-refractivity contribution in [1.82, 2.24) is 10.2 Å². The van der Waals surface area contributed by atoms with Crippen molar-refractivity contribution in [1.29, 1.82) is 0 Å². The highest BCUT2D eigenvalue weighted by molar-refractivity contribution is 7.92. The number of nitrogens with one attached hydrogen (secondary N) is 1. The number of hydrogen-bond donors (Lipinski definition) is 1. The van der Waals surface area contributed by atoms with E-state index in [-0.39, 0.29) is 16.5 Å². The molecule has 7 nitrogen and oxygen atoms in total. The average Bonchev–Trinajstić information content (AvgIpc) is 2.95. The van der Waals surface area contributed by atoms with E-state index in [1.165, 1.54) is 55.5 Å². The van der Waals surface area contributed by atoms with Gasteiger partial charge in [-0.1, -0.05) is 55.3 Å². The van der Waals surface area contributed by atoms with Gasteiger partial charge in [0.25, 0.3) is 10.0 Å². The molecule has 3 aromatic carbocycles. The van der Waals surface area contributed by atoms with Crippen LogP contribution in [-0.2, 0) is 32.3 Å². The highest BCUT2D eigenvalue weighted by Crippen LogP contribution is 2.37. The van der Waals surface area contributed by atoms with Crippen LogP contribution in [0.3, 0.4) is 0 Å². The van der Waals surface area contributed by atoms with E-state index in [2.05, 4.69) is 5.32 Å². The maximum absolute atomic E-state index is 13.8. The Labute approximate surface area is 247 Å². The van der Waals surface area contributed by atoms with Crippen molar-refractivity contribution >= 4 is 39.1 Å². The first kappa shape index (κ1) is 32.9. The standard InChI is InChI=1S/C29H30ClF4N3O4S/c1-3-4-16-35-28(39)20(2)36(18-21-10-13-23(31)14-11-21)27(38)19-37(42(40,41)24-8-6-5-7-9-24)26-17-22(29(32,33)34)12-15-25(26)30/h5-15,17,20H,3-4,16,18-19H2,1-2H3,(H,35,39)/t20-/m0/s1. The zero-order valence-electron chi connectivity index (χ0n) is 22.9. The summed E-state index contributed by atoms with van der Waals surface area (Å²) in [5, 5.41) is 2.38. The molecule has 0 saturated heterocycles. The van der Waals surface area contributed by atoms with E-state index in [1.807, 2.05) is 6.92 Å². The number of sulfonamides is 1. The second kappa shape index (κ2) is 14.0. The zero-order valence-corrected chi connectivity index (χ0v) is 24.4. The number of hydrogen-bond acceptors (Lipinski definition) is 4. The molecule has 0 aliphatic heterocycles. The molecule has 0 heterocycles. The molecule has 0 fully saturated rings. The number of alkyl halides is 3. The lowest BCUT2D eigenvalue weighted by molar-refractivity contribution is -0.139. The summed E-state index contributed by atoms with van der Waals surface area (Å²) in [6.07, 6.45) is -3.34. The number of rotatable bonds is 12. The number of halogens is 5. The predicted octanol–water partition coefficient (Wildman–Crippen LogP) is 6.03. The first-order valence-electron chi connectivity index (χ1n) is 13.0. The van der Waals surface area contributed by atoms with Crippen LogP contribution >= 0.6 is 11.6 Å². The molecule has 0 unspecified atom stereocenters. The highest BCUT2D eigenvalue weighted by atomic mass is 35.5. The smallest absolute Gasteiger partial charge is 0.354 e. The molecule has 0 aliphatic rings. The van der Waals surface area contributed by atoms with Gasteiger partial charge in [0.2, 0.25) is 11.8 Å². The van der Waals surface area contributed by atoms with Crippen molar-refractivity contribution in [2.24, 2.45) is 0 Å². The second-order valence-electron chi connectivity index (χ2n) is 9.46. The van der Waals surface area contributed by atoms with Gasteiger partial charge >= 0.3 is 6.18 Å². The van der Waals surface area contributed by atoms with E-state index >= 15 is 0 Å². The Morgan fingerprint density at radius 1 is 1.00 bits per heavy atom. The summed E-state index contributed by atoms with van der Waals surface area (Å²) in [6, 6.07) is 13.0. The minimum absolute atomic E-state index is 0.211. The fraction of sp³-hybridized carbons (Fsp3) is 0.310. The van der Waals surface area contributed by atoms with Gasteiger partial charge in [-0.05, 0) is 61.4 Å². The Hall–Kier alpha value is -3.64. The fourth-order valence-electron chi connectivity index (χ4n) is 4.02. The number of unbranched alkanes of at least 4 members (excludes halogenated alkanes) is 1.